The Kier molecular flexibility index (Phi) is 4.66. The Morgan fingerprint density at radius 2 is 1.80 bits per heavy atom. The third-order valence-corrected chi connectivity index (χ3v) is 3.68. The van der Waals surface area contributed by atoms with Gasteiger partial charge in [-0.1, -0.05) is 0 Å². The number of nitrogens with two attached hydrogens (primary N) is 1. The van der Waals surface area contributed by atoms with Crippen LogP contribution in [0.3, 0.4) is 0 Å². The van der Waals surface area contributed by atoms with E-state index in [1.165, 1.54) is 6.92 Å². The fraction of sp³-hybridized carbons (Fsp3) is 0.545. The summed E-state index contributed by atoms with van der Waals surface area (Å²) in [6, 6.07) is -0.920. The van der Waals surface area contributed by atoms with Crippen molar-refractivity contribution in [3.8, 4) is 0 Å². The molecule has 1 amide bonds. The number of hydrogen-bond acceptors (Lipinski definition) is 6. The number of hydrogen-bond donors (Lipinski definition) is 3. The van der Waals surface area contributed by atoms with Crippen LogP contribution in [0.5, 0.6) is 0 Å². The van der Waals surface area contributed by atoms with E-state index in [1.54, 1.807) is 20.8 Å². The number of nitrogens with zero attached hydrogens (tertiary/aromatic N) is 2. The van der Waals surface area contributed by atoms with E-state index in [9.17, 15) is 13.2 Å². The maximum atomic E-state index is 12.0. The Morgan fingerprint density at radius 1 is 1.30 bits per heavy atom. The van der Waals surface area contributed by atoms with Crippen molar-refractivity contribution in [1.82, 2.24) is 20.0 Å². The topological polar surface area (TPSA) is 127 Å². The predicted octanol–water partition coefficient (Wildman–Crippen LogP) is -0.360. The van der Waals surface area contributed by atoms with Gasteiger partial charge in [0.1, 0.15) is 4.90 Å². The van der Waals surface area contributed by atoms with Gasteiger partial charge < -0.3 is 11.1 Å². The van der Waals surface area contributed by atoms with Crippen LogP contribution < -0.4 is 15.8 Å². The molecule has 1 aromatic heterocycles. The van der Waals surface area contributed by atoms with E-state index in [1.807, 2.05) is 0 Å². The van der Waals surface area contributed by atoms with E-state index in [-0.39, 0.29) is 10.8 Å². The van der Waals surface area contributed by atoms with Gasteiger partial charge >= 0.3 is 0 Å². The first-order valence-corrected chi connectivity index (χ1v) is 7.41. The smallest absolute Gasteiger partial charge is 0.244 e. The molecule has 0 saturated heterocycles. The Hall–Kier alpha value is -1.74. The first-order valence-electron chi connectivity index (χ1n) is 5.93. The molecule has 112 valence electrons. The standard InChI is InChI=1S/C11H19N5O3S/c1-7(9(17)15-11(2,3)4)16-20(18,19)8-5-13-10(12)14-6-8/h5-7,16H,1-4H3,(H,15,17)(H2,12,13,14). The van der Waals surface area contributed by atoms with E-state index in [0.717, 1.165) is 12.4 Å². The zero-order valence-corrected chi connectivity index (χ0v) is 12.7. The normalized spacial score (nSPS) is 13.8. The Balaban J connectivity index is 2.81. The molecule has 0 bridgehead atoms. The Labute approximate surface area is 118 Å². The minimum absolute atomic E-state index is 0.0255. The average molecular weight is 301 g/mol. The molecule has 1 atom stereocenters. The van der Waals surface area contributed by atoms with Crippen molar-refractivity contribution in [3.63, 3.8) is 0 Å². The summed E-state index contributed by atoms with van der Waals surface area (Å²) in [7, 11) is -3.87. The van der Waals surface area contributed by atoms with Crippen molar-refractivity contribution in [2.75, 3.05) is 5.73 Å². The van der Waals surface area contributed by atoms with Crippen molar-refractivity contribution in [1.29, 1.82) is 0 Å². The van der Waals surface area contributed by atoms with Crippen LogP contribution in [-0.4, -0.2) is 35.9 Å². The van der Waals surface area contributed by atoms with E-state index in [0.29, 0.717) is 0 Å². The summed E-state index contributed by atoms with van der Waals surface area (Å²) in [5, 5.41) is 2.68. The third kappa shape index (κ3) is 4.74. The van der Waals surface area contributed by atoms with E-state index in [4.69, 9.17) is 5.73 Å². The molecule has 0 spiro atoms. The SMILES string of the molecule is CC(NS(=O)(=O)c1cnc(N)nc1)C(=O)NC(C)(C)C. The summed E-state index contributed by atoms with van der Waals surface area (Å²) in [5.74, 6) is -0.445. The number of sulfonamides is 1. The second kappa shape index (κ2) is 5.71. The number of carbonyl (C=O) groups excluding carboxylic acids is 1. The van der Waals surface area contributed by atoms with Gasteiger partial charge in [-0.05, 0) is 27.7 Å². The van der Waals surface area contributed by atoms with Crippen LogP contribution >= 0.6 is 0 Å². The highest BCUT2D eigenvalue weighted by molar-refractivity contribution is 7.89. The molecule has 0 aliphatic heterocycles. The lowest BCUT2D eigenvalue weighted by Gasteiger charge is -2.23. The summed E-state index contributed by atoms with van der Waals surface area (Å²) in [6.45, 7) is 6.87. The zero-order chi connectivity index (χ0) is 15.6. The van der Waals surface area contributed by atoms with Gasteiger partial charge in [0, 0.05) is 5.54 Å². The maximum Gasteiger partial charge on any atom is 0.244 e. The predicted molar refractivity (Wildman–Crippen MR) is 74.1 cm³/mol. The first kappa shape index (κ1) is 16.3. The highest BCUT2D eigenvalue weighted by atomic mass is 32.2. The number of nitrogen functional groups attached to an aromatic ring is 1. The van der Waals surface area contributed by atoms with Gasteiger partial charge in [0.2, 0.25) is 21.9 Å². The lowest BCUT2D eigenvalue weighted by molar-refractivity contribution is -0.123. The lowest BCUT2D eigenvalue weighted by atomic mass is 10.1. The molecule has 4 N–H and O–H groups in total. The maximum absolute atomic E-state index is 12.0. The molecule has 9 heteroatoms. The number of rotatable bonds is 4. The molecule has 0 aliphatic carbocycles. The average Bonchev–Trinajstić information content (AvgIpc) is 2.26. The number of amides is 1. The van der Waals surface area contributed by atoms with Gasteiger partial charge in [-0.3, -0.25) is 4.79 Å². The molecule has 0 radical (unpaired) electrons. The fourth-order valence-corrected chi connectivity index (χ4v) is 2.39. The minimum atomic E-state index is -3.87. The largest absolute Gasteiger partial charge is 0.368 e. The van der Waals surface area contributed by atoms with Crippen molar-refractivity contribution < 1.29 is 13.2 Å². The summed E-state index contributed by atoms with van der Waals surface area (Å²) in [4.78, 5) is 18.9. The Bertz CT molecular complexity index is 577. The molecular formula is C11H19N5O3S. The number of nitrogens with one attached hydrogen (secondary N) is 2. The molecule has 0 fully saturated rings. The first-order chi connectivity index (χ1) is 9.01. The fourth-order valence-electron chi connectivity index (χ4n) is 1.30. The number of anilines is 1. The highest BCUT2D eigenvalue weighted by Gasteiger charge is 2.25. The van der Waals surface area contributed by atoms with E-state index in [2.05, 4.69) is 20.0 Å². The van der Waals surface area contributed by atoms with Gasteiger partial charge in [-0.25, -0.2) is 18.4 Å². The molecular weight excluding hydrogens is 282 g/mol. The second-order valence-corrected chi connectivity index (χ2v) is 7.07. The van der Waals surface area contributed by atoms with Crippen LogP contribution in [0.15, 0.2) is 17.3 Å². The van der Waals surface area contributed by atoms with Gasteiger partial charge in [-0.2, -0.15) is 4.72 Å². The van der Waals surface area contributed by atoms with Gasteiger partial charge in [-0.15, -0.1) is 0 Å². The molecule has 1 aromatic rings. The quantitative estimate of drug-likeness (QED) is 0.697. The molecule has 20 heavy (non-hydrogen) atoms. The molecule has 1 heterocycles. The van der Waals surface area contributed by atoms with Crippen LogP contribution in [0.4, 0.5) is 5.95 Å². The summed E-state index contributed by atoms with van der Waals surface area (Å²) in [5.41, 5.74) is 4.84. The van der Waals surface area contributed by atoms with E-state index >= 15 is 0 Å². The van der Waals surface area contributed by atoms with Crippen LogP contribution in [0, 0.1) is 0 Å². The Morgan fingerprint density at radius 3 is 2.25 bits per heavy atom. The van der Waals surface area contributed by atoms with Crippen molar-refractivity contribution in [2.24, 2.45) is 0 Å². The van der Waals surface area contributed by atoms with Gasteiger partial charge in [0.25, 0.3) is 0 Å². The van der Waals surface area contributed by atoms with E-state index < -0.39 is 27.5 Å². The summed E-state index contributed by atoms with van der Waals surface area (Å²) < 4.78 is 26.3. The number of carbonyl (C=O) groups is 1. The molecule has 8 nitrogen and oxygen atoms in total. The van der Waals surface area contributed by atoms with Crippen LogP contribution in [0.1, 0.15) is 27.7 Å². The van der Waals surface area contributed by atoms with Crippen molar-refractivity contribution in [2.45, 2.75) is 44.2 Å². The third-order valence-electron chi connectivity index (χ3n) is 2.18. The van der Waals surface area contributed by atoms with Gasteiger partial charge in [0.15, 0.2) is 0 Å². The molecule has 0 saturated carbocycles. The molecule has 0 aromatic carbocycles. The van der Waals surface area contributed by atoms with Crippen LogP contribution in [0.25, 0.3) is 0 Å². The van der Waals surface area contributed by atoms with Gasteiger partial charge in [0.05, 0.1) is 18.4 Å². The highest BCUT2D eigenvalue weighted by Crippen LogP contribution is 2.07. The second-order valence-electron chi connectivity index (χ2n) is 5.36. The monoisotopic (exact) mass is 301 g/mol. The molecule has 1 unspecified atom stereocenters. The molecule has 1 rings (SSSR count). The summed E-state index contributed by atoms with van der Waals surface area (Å²) in [6.07, 6.45) is 2.16. The summed E-state index contributed by atoms with van der Waals surface area (Å²) >= 11 is 0. The van der Waals surface area contributed by atoms with Crippen molar-refractivity contribution in [3.05, 3.63) is 12.4 Å². The lowest BCUT2D eigenvalue weighted by Crippen LogP contribution is -2.50. The zero-order valence-electron chi connectivity index (χ0n) is 11.8. The van der Waals surface area contributed by atoms with Crippen molar-refractivity contribution >= 4 is 21.9 Å². The number of aromatic nitrogens is 2. The van der Waals surface area contributed by atoms with Crippen LogP contribution in [0.2, 0.25) is 0 Å². The molecule has 0 aliphatic rings. The van der Waals surface area contributed by atoms with Crippen LogP contribution in [-0.2, 0) is 14.8 Å². The minimum Gasteiger partial charge on any atom is -0.368 e.